The van der Waals surface area contributed by atoms with Gasteiger partial charge in [0.25, 0.3) is 5.91 Å². The topological polar surface area (TPSA) is 158 Å². The number of sulfonamides is 1. The second-order valence-corrected chi connectivity index (χ2v) is 11.8. The average molecular weight is 596 g/mol. The Hall–Kier alpha value is -3.23. The average Bonchev–Trinajstić information content (AvgIpc) is 3.71. The first kappa shape index (κ1) is 31.3. The zero-order chi connectivity index (χ0) is 27.8. The number of nitrogens with zero attached hydrogens (tertiary/aromatic N) is 5. The van der Waals surface area contributed by atoms with Gasteiger partial charge in [-0.25, -0.2) is 28.4 Å². The number of thiazole rings is 1. The van der Waals surface area contributed by atoms with Crippen molar-refractivity contribution in [3.63, 3.8) is 0 Å². The first-order valence-electron chi connectivity index (χ1n) is 13.1. The van der Waals surface area contributed by atoms with E-state index in [-0.39, 0.29) is 38.2 Å². The number of nitrogens with one attached hydrogen (secondary N) is 2. The minimum absolute atomic E-state index is 0. The summed E-state index contributed by atoms with van der Waals surface area (Å²) in [4.78, 5) is 35.3. The normalized spacial score (nSPS) is 16.1. The summed E-state index contributed by atoms with van der Waals surface area (Å²) >= 11 is 1.20. The highest BCUT2D eigenvalue weighted by atomic mass is 32.2. The molecule has 1 saturated carbocycles. The van der Waals surface area contributed by atoms with Gasteiger partial charge in [-0.2, -0.15) is 0 Å². The van der Waals surface area contributed by atoms with Gasteiger partial charge in [0.1, 0.15) is 17.8 Å². The van der Waals surface area contributed by atoms with E-state index in [0.29, 0.717) is 54.8 Å². The third-order valence-corrected chi connectivity index (χ3v) is 8.96. The molecule has 2 N–H and O–H groups in total. The van der Waals surface area contributed by atoms with Crippen molar-refractivity contribution in [3.8, 4) is 16.5 Å². The predicted molar refractivity (Wildman–Crippen MR) is 158 cm³/mol. The Kier molecular flexibility index (Phi) is 11.3. The monoisotopic (exact) mass is 595 g/mol. The Bertz CT molecular complexity index is 1370. The van der Waals surface area contributed by atoms with Crippen LogP contribution in [-0.2, 0) is 14.8 Å². The van der Waals surface area contributed by atoms with Crippen LogP contribution in [0.4, 0.5) is 5.82 Å². The second kappa shape index (κ2) is 14.4. The molecule has 5 rings (SSSR count). The minimum atomic E-state index is -3.48. The van der Waals surface area contributed by atoms with Crippen LogP contribution in [0.2, 0.25) is 0 Å². The van der Waals surface area contributed by atoms with Crippen molar-refractivity contribution in [2.75, 3.05) is 24.5 Å². The molecule has 2 fully saturated rings. The fourth-order valence-corrected chi connectivity index (χ4v) is 6.17. The summed E-state index contributed by atoms with van der Waals surface area (Å²) in [5.74, 6) is 0.275. The lowest BCUT2D eigenvalue weighted by Crippen LogP contribution is -2.36. The van der Waals surface area contributed by atoms with E-state index in [2.05, 4.69) is 35.0 Å². The zero-order valence-electron chi connectivity index (χ0n) is 22.2. The lowest BCUT2D eigenvalue weighted by molar-refractivity contribution is 0.0508. The van der Waals surface area contributed by atoms with Crippen molar-refractivity contribution in [1.29, 1.82) is 0 Å². The number of amides is 1. The molecule has 1 aliphatic heterocycles. The van der Waals surface area contributed by atoms with Crippen LogP contribution >= 0.6 is 11.3 Å². The third-order valence-electron chi connectivity index (χ3n) is 6.10. The number of rotatable bonds is 10. The Morgan fingerprint density at radius 2 is 1.90 bits per heavy atom. The van der Waals surface area contributed by atoms with Gasteiger partial charge in [-0.1, -0.05) is 21.3 Å². The summed E-state index contributed by atoms with van der Waals surface area (Å²) in [6, 6.07) is 1.11. The number of aromatic nitrogens is 5. The summed E-state index contributed by atoms with van der Waals surface area (Å²) < 4.78 is 38.3. The lowest BCUT2D eigenvalue weighted by Gasteiger charge is -2.30. The number of anilines is 1. The van der Waals surface area contributed by atoms with Crippen LogP contribution in [0.25, 0.3) is 10.6 Å². The number of hydrogen-bond donors (Lipinski definition) is 2. The van der Waals surface area contributed by atoms with Gasteiger partial charge in [0.2, 0.25) is 15.9 Å². The summed E-state index contributed by atoms with van der Waals surface area (Å²) in [6.07, 6.45) is 8.75. The molecular weight excluding hydrogens is 554 g/mol. The van der Waals surface area contributed by atoms with Crippen LogP contribution < -0.4 is 14.8 Å². The first-order chi connectivity index (χ1) is 18.9. The van der Waals surface area contributed by atoms with Crippen LogP contribution in [0.15, 0.2) is 31.0 Å². The van der Waals surface area contributed by atoms with E-state index < -0.39 is 16.1 Å². The number of carbonyl (C=O) groups excluding carboxylic acids is 1. The van der Waals surface area contributed by atoms with Crippen LogP contribution in [0.1, 0.15) is 78.3 Å². The molecule has 0 bridgehead atoms. The molecule has 0 aromatic carbocycles. The SMILES string of the molecule is C.CC.CCOc1cncc(-c2cnc(C(=O)NC(c3cc(NS(=O)(=O)C4CC4)ncn3)C3CCOCC3)s2)n1.[HH].[HH]. The maximum atomic E-state index is 13.3. The Labute approximate surface area is 242 Å². The standard InChI is InChI=1S/C23H27N7O5S2.C2H6.CH4.2H2/c1-2-35-20-12-24-10-17(28-20)18-11-25-23(36-18)22(31)29-21(14-5-7-34-8-6-14)16-9-19(27-13-26-16)30-37(32,33)15-3-4-15;1-2;;;/h9-15,21H,2-8H2,1H3,(H,29,31)(H,26,27,30);1-2H3;1H4;2*1H. The van der Waals surface area contributed by atoms with E-state index in [4.69, 9.17) is 9.47 Å². The molecule has 1 atom stereocenters. The van der Waals surface area contributed by atoms with E-state index >= 15 is 0 Å². The molecule has 4 heterocycles. The third kappa shape index (κ3) is 7.92. The minimum Gasteiger partial charge on any atom is -0.477 e. The van der Waals surface area contributed by atoms with Gasteiger partial charge in [-0.3, -0.25) is 14.5 Å². The van der Waals surface area contributed by atoms with Crippen molar-refractivity contribution in [1.82, 2.24) is 30.2 Å². The van der Waals surface area contributed by atoms with Crippen molar-refractivity contribution in [2.24, 2.45) is 5.92 Å². The summed E-state index contributed by atoms with van der Waals surface area (Å²) in [6.45, 7) is 7.47. The molecule has 1 aliphatic carbocycles. The van der Waals surface area contributed by atoms with Gasteiger partial charge >= 0.3 is 0 Å². The first-order valence-corrected chi connectivity index (χ1v) is 15.4. The quantitative estimate of drug-likeness (QED) is 0.335. The molecule has 0 radical (unpaired) electrons. The summed E-state index contributed by atoms with van der Waals surface area (Å²) in [7, 11) is -3.48. The van der Waals surface area contributed by atoms with E-state index in [1.165, 1.54) is 23.9 Å². The number of hydrogen-bond acceptors (Lipinski definition) is 11. The van der Waals surface area contributed by atoms with Crippen molar-refractivity contribution in [3.05, 3.63) is 41.7 Å². The molecule has 222 valence electrons. The fraction of sp³-hybridized carbons (Fsp3) is 0.538. The zero-order valence-corrected chi connectivity index (χ0v) is 23.8. The summed E-state index contributed by atoms with van der Waals surface area (Å²) in [5.41, 5.74) is 1.09. The lowest BCUT2D eigenvalue weighted by atomic mass is 9.89. The van der Waals surface area contributed by atoms with Gasteiger partial charge in [0.05, 0.1) is 40.9 Å². The maximum Gasteiger partial charge on any atom is 0.280 e. The van der Waals surface area contributed by atoms with Crippen LogP contribution in [-0.4, -0.2) is 64.3 Å². The maximum absolute atomic E-state index is 13.3. The van der Waals surface area contributed by atoms with E-state index in [1.54, 1.807) is 18.5 Å². The summed E-state index contributed by atoms with van der Waals surface area (Å²) in [5, 5.41) is 2.95. The molecule has 3 aromatic heterocycles. The molecule has 40 heavy (non-hydrogen) atoms. The smallest absolute Gasteiger partial charge is 0.280 e. The van der Waals surface area contributed by atoms with Crippen molar-refractivity contribution < 1.29 is 25.5 Å². The molecule has 2 aliphatic rings. The Morgan fingerprint density at radius 3 is 2.60 bits per heavy atom. The van der Waals surface area contributed by atoms with Gasteiger partial charge in [0, 0.05) is 28.3 Å². The van der Waals surface area contributed by atoms with Gasteiger partial charge < -0.3 is 14.8 Å². The highest BCUT2D eigenvalue weighted by Gasteiger charge is 2.36. The van der Waals surface area contributed by atoms with Crippen molar-refractivity contribution in [2.45, 2.75) is 65.2 Å². The van der Waals surface area contributed by atoms with E-state index in [0.717, 1.165) is 12.8 Å². The molecule has 1 unspecified atom stereocenters. The van der Waals surface area contributed by atoms with E-state index in [9.17, 15) is 13.2 Å². The van der Waals surface area contributed by atoms with Crippen LogP contribution in [0, 0.1) is 5.92 Å². The molecule has 0 spiro atoms. The fourth-order valence-electron chi connectivity index (χ4n) is 4.07. The molecular formula is C26H41N7O5S2. The molecule has 14 heteroatoms. The van der Waals surface area contributed by atoms with Gasteiger partial charge in [-0.15, -0.1) is 11.3 Å². The van der Waals surface area contributed by atoms with Crippen LogP contribution in [0.3, 0.4) is 0 Å². The number of carbonyl (C=O) groups is 1. The van der Waals surface area contributed by atoms with Gasteiger partial charge in [-0.05, 0) is 38.5 Å². The second-order valence-electron chi connectivity index (χ2n) is 8.78. The Morgan fingerprint density at radius 1 is 1.15 bits per heavy atom. The van der Waals surface area contributed by atoms with Gasteiger partial charge in [0.15, 0.2) is 5.01 Å². The molecule has 1 saturated heterocycles. The highest BCUT2D eigenvalue weighted by Crippen LogP contribution is 2.33. The van der Waals surface area contributed by atoms with E-state index in [1.807, 2.05) is 20.8 Å². The Balaban J connectivity index is 0.00000173. The molecule has 12 nitrogen and oxygen atoms in total. The largest absolute Gasteiger partial charge is 0.477 e. The van der Waals surface area contributed by atoms with Crippen molar-refractivity contribution >= 4 is 33.1 Å². The molecule has 3 aromatic rings. The highest BCUT2D eigenvalue weighted by molar-refractivity contribution is 7.93. The molecule has 1 amide bonds. The van der Waals surface area contributed by atoms with Crippen LogP contribution in [0.5, 0.6) is 5.88 Å². The predicted octanol–water partition coefficient (Wildman–Crippen LogP) is 4.74. The number of ether oxygens (including phenoxy) is 2.